The van der Waals surface area contributed by atoms with Gasteiger partial charge in [-0.2, -0.15) is 0 Å². The Morgan fingerprint density at radius 3 is 1.47 bits per heavy atom. The van der Waals surface area contributed by atoms with E-state index >= 15 is 0 Å². The number of carbonyl (C=O) groups excluding carboxylic acids is 4. The van der Waals surface area contributed by atoms with Gasteiger partial charge >= 0.3 is 23.9 Å². The van der Waals surface area contributed by atoms with Crippen molar-refractivity contribution in [1.82, 2.24) is 0 Å². The Hall–Kier alpha value is -2.16. The summed E-state index contributed by atoms with van der Waals surface area (Å²) in [5.41, 5.74) is 0. The van der Waals surface area contributed by atoms with E-state index in [4.69, 9.17) is 23.7 Å². The fraction of sp³-hybridized carbons (Fsp3) is 0.810. The number of hydrogen-bond acceptors (Lipinski definition) is 9. The van der Waals surface area contributed by atoms with E-state index in [1.165, 1.54) is 0 Å². The van der Waals surface area contributed by atoms with Crippen LogP contribution in [0.25, 0.3) is 0 Å². The first kappa shape index (κ1) is 25.9. The zero-order valence-electron chi connectivity index (χ0n) is 19.0. The van der Waals surface area contributed by atoms with Crippen LogP contribution in [0, 0.1) is 23.7 Å². The van der Waals surface area contributed by atoms with Crippen LogP contribution in [0.2, 0.25) is 0 Å². The van der Waals surface area contributed by atoms with Crippen molar-refractivity contribution in [1.29, 1.82) is 0 Å². The third-order valence-corrected chi connectivity index (χ3v) is 4.28. The topological polar surface area (TPSA) is 114 Å². The fourth-order valence-electron chi connectivity index (χ4n) is 2.31. The lowest BCUT2D eigenvalue weighted by Gasteiger charge is -2.25. The Bertz CT molecular complexity index is 624. The van der Waals surface area contributed by atoms with E-state index in [9.17, 15) is 19.2 Å². The Kier molecular flexibility index (Phi) is 9.74. The van der Waals surface area contributed by atoms with Crippen molar-refractivity contribution >= 4 is 23.9 Å². The number of esters is 4. The molecule has 0 aliphatic carbocycles. The normalized spacial score (nSPS) is 23.7. The summed E-state index contributed by atoms with van der Waals surface area (Å²) >= 11 is 0. The predicted molar refractivity (Wildman–Crippen MR) is 105 cm³/mol. The first-order chi connectivity index (χ1) is 13.8. The number of rotatable bonds is 9. The molecule has 0 amide bonds. The molecule has 0 aromatic rings. The maximum absolute atomic E-state index is 12.3. The SMILES string of the molecule is CC(C)C(=O)OC[C@H]1O[C@@H](OC(=O)C(C)C)[C@H](OC(=O)C(C)C)[C@@H]1OC(=O)C(C)C. The molecule has 9 heteroatoms. The van der Waals surface area contributed by atoms with Gasteiger partial charge in [-0.15, -0.1) is 0 Å². The molecule has 0 unspecified atom stereocenters. The van der Waals surface area contributed by atoms with Gasteiger partial charge in [0.15, 0.2) is 6.10 Å². The van der Waals surface area contributed by atoms with Crippen molar-refractivity contribution in [2.24, 2.45) is 23.7 Å². The van der Waals surface area contributed by atoms with Gasteiger partial charge in [-0.1, -0.05) is 55.4 Å². The summed E-state index contributed by atoms with van der Waals surface area (Å²) in [5, 5.41) is 0. The third kappa shape index (κ3) is 7.27. The monoisotopic (exact) mass is 430 g/mol. The Balaban J connectivity index is 3.16. The van der Waals surface area contributed by atoms with Gasteiger partial charge < -0.3 is 23.7 Å². The molecule has 1 aliphatic rings. The molecule has 1 aliphatic heterocycles. The maximum atomic E-state index is 12.3. The molecule has 1 fully saturated rings. The smallest absolute Gasteiger partial charge is 0.310 e. The van der Waals surface area contributed by atoms with Gasteiger partial charge in [0.1, 0.15) is 12.7 Å². The molecule has 1 heterocycles. The van der Waals surface area contributed by atoms with Gasteiger partial charge in [-0.3, -0.25) is 19.2 Å². The van der Waals surface area contributed by atoms with Crippen LogP contribution in [0.3, 0.4) is 0 Å². The molecular formula is C21H34O9. The molecule has 30 heavy (non-hydrogen) atoms. The minimum absolute atomic E-state index is 0.251. The van der Waals surface area contributed by atoms with Gasteiger partial charge in [0.2, 0.25) is 12.4 Å². The summed E-state index contributed by atoms with van der Waals surface area (Å²) in [6.07, 6.45) is -4.55. The van der Waals surface area contributed by atoms with Crippen molar-refractivity contribution in [2.45, 2.75) is 80.0 Å². The number of hydrogen-bond donors (Lipinski definition) is 0. The second-order valence-electron chi connectivity index (χ2n) is 8.53. The highest BCUT2D eigenvalue weighted by Crippen LogP contribution is 2.30. The lowest BCUT2D eigenvalue weighted by atomic mass is 10.1. The van der Waals surface area contributed by atoms with E-state index in [1.807, 2.05) is 0 Å². The summed E-state index contributed by atoms with van der Waals surface area (Å²) in [6.45, 7) is 13.0. The van der Waals surface area contributed by atoms with E-state index in [2.05, 4.69) is 0 Å². The van der Waals surface area contributed by atoms with E-state index in [0.29, 0.717) is 0 Å². The molecule has 9 nitrogen and oxygen atoms in total. The van der Waals surface area contributed by atoms with E-state index in [0.717, 1.165) is 0 Å². The van der Waals surface area contributed by atoms with Gasteiger partial charge in [0.25, 0.3) is 0 Å². The zero-order chi connectivity index (χ0) is 23.2. The fourth-order valence-corrected chi connectivity index (χ4v) is 2.31. The number of ether oxygens (including phenoxy) is 5. The lowest BCUT2D eigenvalue weighted by Crippen LogP contribution is -2.44. The van der Waals surface area contributed by atoms with Crippen LogP contribution in [0.15, 0.2) is 0 Å². The molecule has 0 N–H and O–H groups in total. The summed E-state index contributed by atoms with van der Waals surface area (Å²) in [6, 6.07) is 0. The lowest BCUT2D eigenvalue weighted by molar-refractivity contribution is -0.203. The van der Waals surface area contributed by atoms with Gasteiger partial charge in [-0.25, -0.2) is 0 Å². The summed E-state index contributed by atoms with van der Waals surface area (Å²) in [4.78, 5) is 48.5. The highest BCUT2D eigenvalue weighted by atomic mass is 16.8. The van der Waals surface area contributed by atoms with E-state index in [-0.39, 0.29) is 12.5 Å². The van der Waals surface area contributed by atoms with Crippen molar-refractivity contribution in [2.75, 3.05) is 6.61 Å². The molecular weight excluding hydrogens is 396 g/mol. The molecule has 0 saturated carbocycles. The van der Waals surface area contributed by atoms with Crippen LogP contribution in [0.4, 0.5) is 0 Å². The van der Waals surface area contributed by atoms with Crippen LogP contribution in [0.5, 0.6) is 0 Å². The van der Waals surface area contributed by atoms with Crippen LogP contribution < -0.4 is 0 Å². The van der Waals surface area contributed by atoms with Crippen molar-refractivity contribution in [3.05, 3.63) is 0 Å². The second kappa shape index (κ2) is 11.3. The van der Waals surface area contributed by atoms with Crippen LogP contribution in [-0.2, 0) is 42.9 Å². The molecule has 0 aromatic heterocycles. The molecule has 1 saturated heterocycles. The molecule has 4 atom stereocenters. The summed E-state index contributed by atoms with van der Waals surface area (Å²) in [7, 11) is 0. The highest BCUT2D eigenvalue weighted by Gasteiger charge is 2.52. The quantitative estimate of drug-likeness (QED) is 0.401. The molecule has 0 radical (unpaired) electrons. The zero-order valence-corrected chi connectivity index (χ0v) is 19.0. The minimum atomic E-state index is -1.30. The molecule has 0 aromatic carbocycles. The van der Waals surface area contributed by atoms with E-state index in [1.54, 1.807) is 55.4 Å². The molecule has 1 rings (SSSR count). The summed E-state index contributed by atoms with van der Waals surface area (Å²) in [5.74, 6) is -3.90. The average molecular weight is 430 g/mol. The maximum Gasteiger partial charge on any atom is 0.310 e. The largest absolute Gasteiger partial charge is 0.463 e. The molecule has 172 valence electrons. The van der Waals surface area contributed by atoms with Gasteiger partial charge in [0.05, 0.1) is 23.7 Å². The average Bonchev–Trinajstić information content (AvgIpc) is 2.95. The second-order valence-corrected chi connectivity index (χ2v) is 8.53. The first-order valence-corrected chi connectivity index (χ1v) is 10.3. The Morgan fingerprint density at radius 1 is 0.633 bits per heavy atom. The highest BCUT2D eigenvalue weighted by molar-refractivity contribution is 5.74. The predicted octanol–water partition coefficient (Wildman–Crippen LogP) is 2.25. The molecule has 0 spiro atoms. The van der Waals surface area contributed by atoms with Gasteiger partial charge in [-0.05, 0) is 0 Å². The third-order valence-electron chi connectivity index (χ3n) is 4.28. The van der Waals surface area contributed by atoms with Crippen LogP contribution in [-0.4, -0.2) is 55.1 Å². The Labute approximate surface area is 177 Å². The summed E-state index contributed by atoms with van der Waals surface area (Å²) < 4.78 is 27.3. The van der Waals surface area contributed by atoms with Gasteiger partial charge in [0, 0.05) is 0 Å². The number of carbonyl (C=O) groups is 4. The van der Waals surface area contributed by atoms with Crippen LogP contribution in [0.1, 0.15) is 55.4 Å². The van der Waals surface area contributed by atoms with Crippen molar-refractivity contribution < 1.29 is 42.9 Å². The first-order valence-electron chi connectivity index (χ1n) is 10.3. The minimum Gasteiger partial charge on any atom is -0.463 e. The Morgan fingerprint density at radius 2 is 1.03 bits per heavy atom. The van der Waals surface area contributed by atoms with Crippen molar-refractivity contribution in [3.8, 4) is 0 Å². The van der Waals surface area contributed by atoms with E-state index < -0.39 is 66.2 Å². The van der Waals surface area contributed by atoms with Crippen molar-refractivity contribution in [3.63, 3.8) is 0 Å². The standard InChI is InChI=1S/C21H34O9/c1-10(2)17(22)26-9-14-15(28-18(23)11(3)4)16(29-19(24)12(5)6)21(27-14)30-20(25)13(7)8/h10-16,21H,9H2,1-8H3/t14-,15-,16-,21+/m1/s1. The van der Waals surface area contributed by atoms with Crippen LogP contribution >= 0.6 is 0 Å². The molecule has 0 bridgehead atoms.